The topological polar surface area (TPSA) is 65.2 Å². The fourth-order valence-corrected chi connectivity index (χ4v) is 1.29. The first-order valence-corrected chi connectivity index (χ1v) is 3.65. The summed E-state index contributed by atoms with van der Waals surface area (Å²) in [5.41, 5.74) is 1.49. The molecule has 0 bridgehead atoms. The van der Waals surface area contributed by atoms with E-state index in [1.165, 1.54) is 0 Å². The molecule has 1 aliphatic carbocycles. The largest absolute Gasteiger partial charge is 0.463 e. The third-order valence-electron chi connectivity index (χ3n) is 1.91. The van der Waals surface area contributed by atoms with E-state index in [0.717, 1.165) is 11.3 Å². The molecular weight excluding hydrogens is 155 g/mol. The Labute approximate surface area is 69.8 Å². The second-order valence-corrected chi connectivity index (χ2v) is 2.68. The van der Waals surface area contributed by atoms with Crippen molar-refractivity contribution in [2.24, 2.45) is 10.2 Å². The molecule has 1 heterocycles. The molecule has 0 radical (unpaired) electrons. The van der Waals surface area contributed by atoms with Gasteiger partial charge in [0.2, 0.25) is 0 Å². The Morgan fingerprint density at radius 1 is 1.42 bits per heavy atom. The van der Waals surface area contributed by atoms with E-state index in [9.17, 15) is 0 Å². The molecule has 12 heavy (non-hydrogen) atoms. The second kappa shape index (κ2) is 2.69. The van der Waals surface area contributed by atoms with E-state index >= 15 is 0 Å². The summed E-state index contributed by atoms with van der Waals surface area (Å²) in [7, 11) is -1.38. The van der Waals surface area contributed by atoms with Crippen LogP contribution in [0.1, 0.15) is 0 Å². The Morgan fingerprint density at radius 2 is 2.25 bits per heavy atom. The highest BCUT2D eigenvalue weighted by Crippen LogP contribution is 2.35. The number of rotatable bonds is 1. The van der Waals surface area contributed by atoms with E-state index in [0.29, 0.717) is 0 Å². The molecule has 0 aromatic heterocycles. The number of azo groups is 1. The van der Waals surface area contributed by atoms with Gasteiger partial charge in [0, 0.05) is 11.4 Å². The average molecular weight is 162 g/mol. The van der Waals surface area contributed by atoms with E-state index in [1.54, 1.807) is 24.4 Å². The van der Waals surface area contributed by atoms with Crippen LogP contribution < -0.4 is 0 Å². The van der Waals surface area contributed by atoms with Crippen LogP contribution in [-0.4, -0.2) is 17.2 Å². The van der Waals surface area contributed by atoms with Crippen LogP contribution in [0.4, 0.5) is 0 Å². The van der Waals surface area contributed by atoms with Crippen molar-refractivity contribution in [3.8, 4) is 0 Å². The van der Waals surface area contributed by atoms with Crippen LogP contribution in [0, 0.1) is 0 Å². The van der Waals surface area contributed by atoms with Gasteiger partial charge in [0.15, 0.2) is 0 Å². The summed E-state index contributed by atoms with van der Waals surface area (Å²) in [4.78, 5) is 0. The lowest BCUT2D eigenvalue weighted by molar-refractivity contribution is 0.400. The van der Waals surface area contributed by atoms with Crippen LogP contribution in [0.25, 0.3) is 0 Å². The van der Waals surface area contributed by atoms with Crippen LogP contribution in [0.5, 0.6) is 0 Å². The van der Waals surface area contributed by atoms with Crippen LogP contribution in [0.15, 0.2) is 45.9 Å². The van der Waals surface area contributed by atoms with Gasteiger partial charge in [-0.1, -0.05) is 12.2 Å². The van der Waals surface area contributed by atoms with Gasteiger partial charge in [-0.3, -0.25) is 0 Å². The molecule has 2 rings (SSSR count). The zero-order valence-electron chi connectivity index (χ0n) is 6.25. The van der Waals surface area contributed by atoms with Crippen molar-refractivity contribution in [1.29, 1.82) is 0 Å². The number of hydrogen-bond acceptors (Lipinski definition) is 4. The molecular formula is C7H7BN2O2. The van der Waals surface area contributed by atoms with Gasteiger partial charge in [-0.15, -0.1) is 0 Å². The minimum absolute atomic E-state index is 0.389. The van der Waals surface area contributed by atoms with Crippen LogP contribution in [0.3, 0.4) is 0 Å². The van der Waals surface area contributed by atoms with Crippen molar-refractivity contribution in [3.05, 3.63) is 35.7 Å². The van der Waals surface area contributed by atoms with Crippen molar-refractivity contribution in [1.82, 2.24) is 0 Å². The summed E-state index contributed by atoms with van der Waals surface area (Å²) in [5.74, 6) is -0.389. The molecule has 2 aliphatic rings. The third kappa shape index (κ3) is 1.03. The molecule has 1 atom stereocenters. The molecule has 0 spiro atoms. The highest BCUT2D eigenvalue weighted by molar-refractivity contribution is 6.45. The lowest BCUT2D eigenvalue weighted by Crippen LogP contribution is -2.21. The first-order valence-electron chi connectivity index (χ1n) is 3.65. The number of fused-ring (bicyclic) bond motifs is 1. The Balaban J connectivity index is 2.33. The quantitative estimate of drug-likeness (QED) is 0.555. The first-order chi connectivity index (χ1) is 5.79. The molecule has 60 valence electrons. The van der Waals surface area contributed by atoms with Crippen molar-refractivity contribution in [2.45, 2.75) is 5.82 Å². The molecule has 0 saturated heterocycles. The van der Waals surface area contributed by atoms with Crippen molar-refractivity contribution >= 4 is 7.12 Å². The lowest BCUT2D eigenvalue weighted by Gasteiger charge is -2.15. The Bertz CT molecular complexity index is 317. The number of nitrogens with zero attached hydrogens (tertiary/aromatic N) is 2. The van der Waals surface area contributed by atoms with Crippen molar-refractivity contribution < 1.29 is 10.0 Å². The molecule has 0 aromatic rings. The zero-order valence-corrected chi connectivity index (χ0v) is 6.25. The van der Waals surface area contributed by atoms with Crippen LogP contribution in [-0.2, 0) is 0 Å². The molecule has 0 saturated carbocycles. The summed E-state index contributed by atoms with van der Waals surface area (Å²) < 4.78 is 0. The summed E-state index contributed by atoms with van der Waals surface area (Å²) >= 11 is 0. The van der Waals surface area contributed by atoms with Gasteiger partial charge < -0.3 is 10.0 Å². The maximum absolute atomic E-state index is 8.98. The first kappa shape index (κ1) is 7.45. The average Bonchev–Trinajstić information content (AvgIpc) is 2.49. The predicted octanol–water partition coefficient (Wildman–Crippen LogP) is 0.633. The molecule has 0 fully saturated rings. The SMILES string of the molecule is OB(O)[C@@H]1C=CC=C2N=NC=C21. The van der Waals surface area contributed by atoms with Crippen LogP contribution >= 0.6 is 0 Å². The molecule has 1 aliphatic heterocycles. The van der Waals surface area contributed by atoms with E-state index in [2.05, 4.69) is 10.2 Å². The third-order valence-corrected chi connectivity index (χ3v) is 1.91. The monoisotopic (exact) mass is 162 g/mol. The van der Waals surface area contributed by atoms with Gasteiger partial charge >= 0.3 is 7.12 Å². The maximum atomic E-state index is 8.98. The minimum Gasteiger partial charge on any atom is -0.426 e. The Hall–Kier alpha value is -1.20. The number of allylic oxidation sites excluding steroid dienone is 4. The standard InChI is InChI=1S/C7H7BN2O2/c11-8(12)6-2-1-3-7-5(6)4-9-10-7/h1-4,6,11-12H/t6-/m1/s1. The normalized spacial score (nSPS) is 25.0. The van der Waals surface area contributed by atoms with E-state index < -0.39 is 7.12 Å². The Morgan fingerprint density at radius 3 is 3.00 bits per heavy atom. The molecule has 5 heteroatoms. The van der Waals surface area contributed by atoms with Gasteiger partial charge in [-0.2, -0.15) is 10.2 Å². The zero-order chi connectivity index (χ0) is 8.55. The fourth-order valence-electron chi connectivity index (χ4n) is 1.29. The van der Waals surface area contributed by atoms with E-state index in [4.69, 9.17) is 10.0 Å². The summed E-state index contributed by atoms with van der Waals surface area (Å²) in [6.45, 7) is 0. The van der Waals surface area contributed by atoms with Gasteiger partial charge in [-0.25, -0.2) is 0 Å². The van der Waals surface area contributed by atoms with E-state index in [1.807, 2.05) is 0 Å². The number of hydrogen-bond donors (Lipinski definition) is 2. The summed E-state index contributed by atoms with van der Waals surface area (Å²) in [5, 5.41) is 25.5. The summed E-state index contributed by atoms with van der Waals surface area (Å²) in [6, 6.07) is 0. The molecule has 0 aromatic carbocycles. The Kier molecular flexibility index (Phi) is 1.67. The van der Waals surface area contributed by atoms with Gasteiger partial charge in [0.05, 0.1) is 11.9 Å². The predicted molar refractivity (Wildman–Crippen MR) is 44.1 cm³/mol. The second-order valence-electron chi connectivity index (χ2n) is 2.68. The smallest absolute Gasteiger partial charge is 0.426 e. The highest BCUT2D eigenvalue weighted by Gasteiger charge is 2.30. The van der Waals surface area contributed by atoms with Crippen LogP contribution in [0.2, 0.25) is 5.82 Å². The van der Waals surface area contributed by atoms with E-state index in [-0.39, 0.29) is 5.82 Å². The molecule has 0 unspecified atom stereocenters. The minimum atomic E-state index is -1.38. The highest BCUT2D eigenvalue weighted by atomic mass is 16.4. The van der Waals surface area contributed by atoms with Crippen molar-refractivity contribution in [2.75, 3.05) is 0 Å². The molecule has 4 nitrogen and oxygen atoms in total. The summed E-state index contributed by atoms with van der Waals surface area (Å²) in [6.07, 6.45) is 6.82. The maximum Gasteiger partial charge on any atom is 0.463 e. The van der Waals surface area contributed by atoms with Gasteiger partial charge in [0.1, 0.15) is 0 Å². The molecule has 2 N–H and O–H groups in total. The van der Waals surface area contributed by atoms with Gasteiger partial charge in [-0.05, 0) is 6.08 Å². The van der Waals surface area contributed by atoms with Crippen molar-refractivity contribution in [3.63, 3.8) is 0 Å². The lowest BCUT2D eigenvalue weighted by atomic mass is 9.66. The van der Waals surface area contributed by atoms with Gasteiger partial charge in [0.25, 0.3) is 0 Å². The molecule has 0 amide bonds. The fraction of sp³-hybridized carbons (Fsp3) is 0.143.